The quantitative estimate of drug-likeness (QED) is 0.303. The molecule has 0 fully saturated rings. The second-order valence-corrected chi connectivity index (χ2v) is 10.2. The largest absolute Gasteiger partial charge is 4.00 e. The molecule has 164 valence electrons. The van der Waals surface area contributed by atoms with E-state index in [0.717, 1.165) is 6.42 Å². The van der Waals surface area contributed by atoms with Gasteiger partial charge < -0.3 is 24.8 Å². The van der Waals surface area contributed by atoms with E-state index >= 15 is 0 Å². The van der Waals surface area contributed by atoms with Gasteiger partial charge in [-0.25, -0.2) is 12.1 Å². The molecule has 0 N–H and O–H groups in total. The average molecular weight is 533 g/mol. The summed E-state index contributed by atoms with van der Waals surface area (Å²) in [5.74, 6) is 0. The average Bonchev–Trinajstić information content (AvgIpc) is 3.15. The third kappa shape index (κ3) is 7.12. The van der Waals surface area contributed by atoms with Crippen LogP contribution in [0.3, 0.4) is 0 Å². The van der Waals surface area contributed by atoms with Crippen molar-refractivity contribution in [2.24, 2.45) is 0 Å². The second-order valence-electron chi connectivity index (χ2n) is 10.2. The van der Waals surface area contributed by atoms with Crippen LogP contribution in [0.1, 0.15) is 74.9 Å². The first-order valence-electron chi connectivity index (χ1n) is 10.3. The summed E-state index contributed by atoms with van der Waals surface area (Å²) in [5, 5.41) is 0. The molecule has 0 spiro atoms. The van der Waals surface area contributed by atoms with Crippen molar-refractivity contribution < 1.29 is 51.0 Å². The van der Waals surface area contributed by atoms with Crippen LogP contribution in [0.2, 0.25) is 0 Å². The van der Waals surface area contributed by atoms with Crippen LogP contribution in [-0.2, 0) is 43.5 Å². The zero-order chi connectivity index (χ0) is 20.7. The molecule has 0 radical (unpaired) electrons. The minimum atomic E-state index is 0. The zero-order valence-electron chi connectivity index (χ0n) is 20.1. The van der Waals surface area contributed by atoms with Crippen LogP contribution in [0, 0.1) is 19.9 Å². The first kappa shape index (κ1) is 30.3. The van der Waals surface area contributed by atoms with Crippen molar-refractivity contribution in [2.75, 3.05) is 0 Å². The fourth-order valence-electron chi connectivity index (χ4n) is 3.63. The third-order valence-electron chi connectivity index (χ3n) is 5.78. The molecular formula is C28H34Cl2Zr. The van der Waals surface area contributed by atoms with Gasteiger partial charge in [-0.15, -0.1) is 11.1 Å². The van der Waals surface area contributed by atoms with Gasteiger partial charge in [-0.05, 0) is 28.4 Å². The van der Waals surface area contributed by atoms with Gasteiger partial charge in [0.1, 0.15) is 0 Å². The van der Waals surface area contributed by atoms with E-state index in [4.69, 9.17) is 0 Å². The van der Waals surface area contributed by atoms with Crippen molar-refractivity contribution in [3.05, 3.63) is 88.0 Å². The van der Waals surface area contributed by atoms with Crippen molar-refractivity contribution >= 4 is 0 Å². The summed E-state index contributed by atoms with van der Waals surface area (Å²) in [7, 11) is 0. The Balaban J connectivity index is 0.000000777. The predicted molar refractivity (Wildman–Crippen MR) is 122 cm³/mol. The molecule has 0 aliphatic heterocycles. The molecule has 1 aliphatic carbocycles. The van der Waals surface area contributed by atoms with E-state index in [-0.39, 0.29) is 61.8 Å². The van der Waals surface area contributed by atoms with Gasteiger partial charge in [0, 0.05) is 0 Å². The van der Waals surface area contributed by atoms with Gasteiger partial charge >= 0.3 is 26.2 Å². The van der Waals surface area contributed by atoms with Gasteiger partial charge in [0.15, 0.2) is 0 Å². The van der Waals surface area contributed by atoms with Crippen molar-refractivity contribution in [3.8, 4) is 11.1 Å². The number of rotatable bonds is 0. The number of halogens is 2. The monoisotopic (exact) mass is 530 g/mol. The third-order valence-corrected chi connectivity index (χ3v) is 5.78. The van der Waals surface area contributed by atoms with Crippen LogP contribution in [0.4, 0.5) is 0 Å². The number of hydrogen-bond donors (Lipinski definition) is 0. The number of hydrogen-bond acceptors (Lipinski definition) is 0. The van der Waals surface area contributed by atoms with Crippen LogP contribution in [0.15, 0.2) is 48.5 Å². The Hall–Kier alpha value is -0.747. The summed E-state index contributed by atoms with van der Waals surface area (Å²) in [6.45, 7) is 17.8. The van der Waals surface area contributed by atoms with Gasteiger partial charge in [0.05, 0.1) is 0 Å². The topological polar surface area (TPSA) is 0 Å². The van der Waals surface area contributed by atoms with Gasteiger partial charge in [-0.3, -0.25) is 0 Å². The van der Waals surface area contributed by atoms with Crippen molar-refractivity contribution in [1.29, 1.82) is 0 Å². The van der Waals surface area contributed by atoms with Crippen LogP contribution >= 0.6 is 0 Å². The predicted octanol–water partition coefficient (Wildman–Crippen LogP) is 1.68. The maximum absolute atomic E-state index is 3.67. The first-order valence-corrected chi connectivity index (χ1v) is 10.3. The molecule has 0 nitrogen and oxygen atoms in total. The molecular weight excluding hydrogens is 498 g/mol. The fourth-order valence-corrected chi connectivity index (χ4v) is 3.63. The van der Waals surface area contributed by atoms with E-state index in [2.05, 4.69) is 110 Å². The van der Waals surface area contributed by atoms with Crippen LogP contribution in [0.25, 0.3) is 11.1 Å². The minimum Gasteiger partial charge on any atom is -1.00 e. The maximum atomic E-state index is 3.67. The molecule has 0 heterocycles. The Morgan fingerprint density at radius 2 is 1.45 bits per heavy atom. The number of fused-ring (bicyclic) bond motifs is 3. The molecule has 0 unspecified atom stereocenters. The minimum absolute atomic E-state index is 0. The van der Waals surface area contributed by atoms with Gasteiger partial charge in [-0.1, -0.05) is 79.2 Å². The molecule has 0 bridgehead atoms. The summed E-state index contributed by atoms with van der Waals surface area (Å²) in [6, 6.07) is 21.5. The Morgan fingerprint density at radius 3 is 1.90 bits per heavy atom. The molecule has 3 aromatic rings. The van der Waals surface area contributed by atoms with Crippen molar-refractivity contribution in [2.45, 2.75) is 72.6 Å². The van der Waals surface area contributed by atoms with E-state index in [1.807, 2.05) is 0 Å². The van der Waals surface area contributed by atoms with E-state index in [1.165, 1.54) is 44.5 Å². The molecule has 4 rings (SSSR count). The SMILES string of the molecule is CC(C)(C)c1[c-]c2c(cc1)-c1ccc(C(C)(C)C)cc1C2.Cc1ccc[c-]1C.[Cl-].[Cl-].[Zr+4]. The summed E-state index contributed by atoms with van der Waals surface area (Å²) >= 11 is 0. The van der Waals surface area contributed by atoms with Crippen molar-refractivity contribution in [1.82, 2.24) is 0 Å². The van der Waals surface area contributed by atoms with Gasteiger partial charge in [0.25, 0.3) is 0 Å². The van der Waals surface area contributed by atoms with Crippen LogP contribution in [0.5, 0.6) is 0 Å². The maximum Gasteiger partial charge on any atom is 4.00 e. The number of benzene rings is 2. The van der Waals surface area contributed by atoms with Gasteiger partial charge in [-0.2, -0.15) is 41.0 Å². The Labute approximate surface area is 221 Å². The van der Waals surface area contributed by atoms with E-state index < -0.39 is 0 Å². The molecule has 31 heavy (non-hydrogen) atoms. The molecule has 0 aromatic heterocycles. The Bertz CT molecular complexity index is 907. The molecule has 3 aromatic carbocycles. The molecule has 0 saturated heterocycles. The summed E-state index contributed by atoms with van der Waals surface area (Å²) in [4.78, 5) is 0. The Morgan fingerprint density at radius 1 is 0.839 bits per heavy atom. The summed E-state index contributed by atoms with van der Waals surface area (Å²) in [5.41, 5.74) is 11.5. The molecule has 1 aliphatic rings. The first-order chi connectivity index (χ1) is 13.0. The van der Waals surface area contributed by atoms with E-state index in [9.17, 15) is 0 Å². The molecule has 0 amide bonds. The van der Waals surface area contributed by atoms with E-state index in [0.29, 0.717) is 0 Å². The van der Waals surface area contributed by atoms with Crippen LogP contribution in [-0.4, -0.2) is 0 Å². The molecule has 3 heteroatoms. The Kier molecular flexibility index (Phi) is 11.1. The van der Waals surface area contributed by atoms with Crippen LogP contribution < -0.4 is 24.8 Å². The summed E-state index contributed by atoms with van der Waals surface area (Å²) < 4.78 is 0. The van der Waals surface area contributed by atoms with Gasteiger partial charge in [0.2, 0.25) is 0 Å². The van der Waals surface area contributed by atoms with Crippen molar-refractivity contribution in [3.63, 3.8) is 0 Å². The zero-order valence-corrected chi connectivity index (χ0v) is 24.1. The fraction of sp³-hybridized carbons (Fsp3) is 0.393. The number of aryl methyl sites for hydroxylation is 2. The second kappa shape index (κ2) is 11.4. The molecule has 0 saturated carbocycles. The normalized spacial score (nSPS) is 11.6. The standard InChI is InChI=1S/C21H25.C7H9.2ClH.Zr/c1-20(2,3)16-7-9-18-14(12-16)11-15-13-17(21(4,5)6)8-10-19(15)18;1-6-4-3-5-7(6)2;;;/h7-10,12H,11H2,1-6H3;3-5H,1-2H3;2*1H;/q2*-1;;;+4/p-2. The summed E-state index contributed by atoms with van der Waals surface area (Å²) in [6.07, 6.45) is 1.03. The van der Waals surface area contributed by atoms with E-state index in [1.54, 1.807) is 0 Å². The smallest absolute Gasteiger partial charge is 1.00 e. The molecule has 0 atom stereocenters.